The second kappa shape index (κ2) is 8.28. The van der Waals surface area contributed by atoms with E-state index in [-0.39, 0.29) is 17.0 Å². The van der Waals surface area contributed by atoms with E-state index in [9.17, 15) is 22.4 Å². The maximum absolute atomic E-state index is 13.6. The fraction of sp³-hybridized carbons (Fsp3) is 0.222. The number of halogens is 1. The van der Waals surface area contributed by atoms with Crippen LogP contribution in [0.3, 0.4) is 0 Å². The molecule has 0 heterocycles. The molecule has 2 N–H and O–H groups in total. The summed E-state index contributed by atoms with van der Waals surface area (Å²) in [6.07, 6.45) is 0. The van der Waals surface area contributed by atoms with E-state index >= 15 is 0 Å². The molecule has 0 aromatic heterocycles. The van der Waals surface area contributed by atoms with Crippen LogP contribution in [0, 0.1) is 12.7 Å². The van der Waals surface area contributed by atoms with Gasteiger partial charge in [0.2, 0.25) is 10.0 Å². The summed E-state index contributed by atoms with van der Waals surface area (Å²) in [4.78, 5) is 25.3. The second-order valence-electron chi connectivity index (χ2n) is 5.94. The van der Waals surface area contributed by atoms with E-state index < -0.39 is 34.3 Å². The van der Waals surface area contributed by atoms with E-state index in [0.29, 0.717) is 11.1 Å². The number of amides is 1. The summed E-state index contributed by atoms with van der Waals surface area (Å²) in [6.45, 7) is 1.04. The maximum Gasteiger partial charge on any atom is 0.338 e. The molecule has 0 aliphatic rings. The predicted molar refractivity (Wildman–Crippen MR) is 95.7 cm³/mol. The molecule has 0 bridgehead atoms. The van der Waals surface area contributed by atoms with Crippen molar-refractivity contribution in [3.63, 3.8) is 0 Å². The summed E-state index contributed by atoms with van der Waals surface area (Å²) in [5.74, 6) is -1.83. The number of hydrogen-bond acceptors (Lipinski definition) is 5. The molecule has 27 heavy (non-hydrogen) atoms. The summed E-state index contributed by atoms with van der Waals surface area (Å²) in [7, 11) is -2.52. The van der Waals surface area contributed by atoms with Crippen molar-refractivity contribution in [1.29, 1.82) is 0 Å². The molecule has 0 radical (unpaired) electrons. The third-order valence-electron chi connectivity index (χ3n) is 3.88. The number of esters is 1. The predicted octanol–water partition coefficient (Wildman–Crippen LogP) is 1.60. The molecular formula is C18H19FN2O5S. The van der Waals surface area contributed by atoms with Crippen LogP contribution in [0.25, 0.3) is 0 Å². The van der Waals surface area contributed by atoms with Gasteiger partial charge in [-0.25, -0.2) is 22.7 Å². The molecule has 7 nitrogen and oxygen atoms in total. The van der Waals surface area contributed by atoms with Crippen LogP contribution in [0.1, 0.15) is 21.5 Å². The molecule has 0 aliphatic heterocycles. The molecule has 0 saturated heterocycles. The molecule has 9 heteroatoms. The normalized spacial score (nSPS) is 11.1. The molecular weight excluding hydrogens is 375 g/mol. The van der Waals surface area contributed by atoms with Crippen LogP contribution in [0.5, 0.6) is 0 Å². The SMILES string of the molecule is Cc1ccc(S(N)(=O)=O)cc1C(=O)OCC(=O)N(C)Cc1ccccc1F. The number of primary sulfonamides is 1. The van der Waals surface area contributed by atoms with Crippen LogP contribution in [-0.4, -0.2) is 38.8 Å². The highest BCUT2D eigenvalue weighted by molar-refractivity contribution is 7.89. The van der Waals surface area contributed by atoms with Crippen molar-refractivity contribution < 1.29 is 27.1 Å². The molecule has 2 aromatic carbocycles. The Morgan fingerprint density at radius 1 is 1.19 bits per heavy atom. The van der Waals surface area contributed by atoms with Gasteiger partial charge in [0.05, 0.1) is 10.5 Å². The van der Waals surface area contributed by atoms with Crippen LogP contribution in [0.15, 0.2) is 47.4 Å². The fourth-order valence-corrected chi connectivity index (χ4v) is 2.82. The lowest BCUT2D eigenvalue weighted by molar-refractivity contribution is -0.133. The molecule has 0 saturated carbocycles. The maximum atomic E-state index is 13.6. The third kappa shape index (κ3) is 5.35. The Labute approximate surface area is 156 Å². The highest BCUT2D eigenvalue weighted by atomic mass is 32.2. The topological polar surface area (TPSA) is 107 Å². The average Bonchev–Trinajstić information content (AvgIpc) is 2.60. The largest absolute Gasteiger partial charge is 0.452 e. The molecule has 0 spiro atoms. The minimum atomic E-state index is -3.98. The van der Waals surface area contributed by atoms with E-state index in [2.05, 4.69) is 0 Å². The average molecular weight is 394 g/mol. The minimum Gasteiger partial charge on any atom is -0.452 e. The number of ether oxygens (including phenoxy) is 1. The van der Waals surface area contributed by atoms with Gasteiger partial charge in [-0.2, -0.15) is 0 Å². The zero-order valence-corrected chi connectivity index (χ0v) is 15.6. The van der Waals surface area contributed by atoms with Gasteiger partial charge in [-0.05, 0) is 30.7 Å². The van der Waals surface area contributed by atoms with Gasteiger partial charge >= 0.3 is 5.97 Å². The number of hydrogen-bond donors (Lipinski definition) is 1. The number of nitrogens with zero attached hydrogens (tertiary/aromatic N) is 1. The van der Waals surface area contributed by atoms with Gasteiger partial charge in [-0.3, -0.25) is 4.79 Å². The van der Waals surface area contributed by atoms with Crippen molar-refractivity contribution in [3.05, 3.63) is 65.0 Å². The van der Waals surface area contributed by atoms with Gasteiger partial charge in [-0.1, -0.05) is 24.3 Å². The van der Waals surface area contributed by atoms with Crippen LogP contribution < -0.4 is 5.14 Å². The van der Waals surface area contributed by atoms with Crippen molar-refractivity contribution >= 4 is 21.9 Å². The highest BCUT2D eigenvalue weighted by Gasteiger charge is 2.18. The Morgan fingerprint density at radius 3 is 2.48 bits per heavy atom. The van der Waals surface area contributed by atoms with Gasteiger partial charge in [0, 0.05) is 19.2 Å². The molecule has 144 valence electrons. The standard InChI is InChI=1S/C18H19FN2O5S/c1-12-7-8-14(27(20,24)25)9-15(12)18(23)26-11-17(22)21(2)10-13-5-3-4-6-16(13)19/h3-9H,10-11H2,1-2H3,(H2,20,24,25). The monoisotopic (exact) mass is 394 g/mol. The van der Waals surface area contributed by atoms with Crippen LogP contribution in [0.2, 0.25) is 0 Å². The number of carbonyl (C=O) groups excluding carboxylic acids is 2. The first-order chi connectivity index (χ1) is 12.6. The number of sulfonamides is 1. The van der Waals surface area contributed by atoms with Gasteiger partial charge < -0.3 is 9.64 Å². The van der Waals surface area contributed by atoms with Gasteiger partial charge in [-0.15, -0.1) is 0 Å². The highest BCUT2D eigenvalue weighted by Crippen LogP contribution is 2.16. The summed E-state index contributed by atoms with van der Waals surface area (Å²) in [5.41, 5.74) is 0.794. The Kier molecular flexibility index (Phi) is 6.29. The lowest BCUT2D eigenvalue weighted by Crippen LogP contribution is -2.31. The number of aryl methyl sites for hydroxylation is 1. The smallest absolute Gasteiger partial charge is 0.338 e. The van der Waals surface area contributed by atoms with E-state index in [0.717, 1.165) is 6.07 Å². The molecule has 1 amide bonds. The van der Waals surface area contributed by atoms with Crippen molar-refractivity contribution in [2.24, 2.45) is 5.14 Å². The lowest BCUT2D eigenvalue weighted by Gasteiger charge is -2.17. The number of rotatable bonds is 6. The lowest BCUT2D eigenvalue weighted by atomic mass is 10.1. The van der Waals surface area contributed by atoms with Crippen molar-refractivity contribution in [1.82, 2.24) is 4.90 Å². The van der Waals surface area contributed by atoms with E-state index in [1.807, 2.05) is 0 Å². The Balaban J connectivity index is 2.03. The Hall–Kier alpha value is -2.78. The molecule has 0 fully saturated rings. The zero-order valence-electron chi connectivity index (χ0n) is 14.8. The van der Waals surface area contributed by atoms with Gasteiger partial charge in [0.25, 0.3) is 5.91 Å². The number of likely N-dealkylation sites (N-methyl/N-ethyl adjacent to an activating group) is 1. The summed E-state index contributed by atoms with van der Waals surface area (Å²) in [5, 5.41) is 5.05. The summed E-state index contributed by atoms with van der Waals surface area (Å²) in [6, 6.07) is 9.82. The molecule has 0 unspecified atom stereocenters. The molecule has 2 aromatic rings. The number of carbonyl (C=O) groups is 2. The minimum absolute atomic E-state index is 0.00826. The summed E-state index contributed by atoms with van der Waals surface area (Å²) < 4.78 is 41.4. The third-order valence-corrected chi connectivity index (χ3v) is 4.79. The van der Waals surface area contributed by atoms with Crippen LogP contribution >= 0.6 is 0 Å². The second-order valence-corrected chi connectivity index (χ2v) is 7.50. The zero-order chi connectivity index (χ0) is 20.2. The summed E-state index contributed by atoms with van der Waals surface area (Å²) >= 11 is 0. The van der Waals surface area contributed by atoms with E-state index in [1.54, 1.807) is 25.1 Å². The number of nitrogens with two attached hydrogens (primary N) is 1. The van der Waals surface area contributed by atoms with Crippen molar-refractivity contribution in [3.8, 4) is 0 Å². The molecule has 2 rings (SSSR count). The first-order valence-electron chi connectivity index (χ1n) is 7.87. The van der Waals surface area contributed by atoms with Crippen LogP contribution in [0.4, 0.5) is 4.39 Å². The van der Waals surface area contributed by atoms with Gasteiger partial charge in [0.15, 0.2) is 6.61 Å². The van der Waals surface area contributed by atoms with Crippen molar-refractivity contribution in [2.45, 2.75) is 18.4 Å². The first kappa shape index (κ1) is 20.5. The molecule has 0 atom stereocenters. The Bertz CT molecular complexity index is 975. The quantitative estimate of drug-likeness (QED) is 0.749. The number of benzene rings is 2. The van der Waals surface area contributed by atoms with E-state index in [4.69, 9.17) is 9.88 Å². The van der Waals surface area contributed by atoms with E-state index in [1.165, 1.54) is 30.1 Å². The fourth-order valence-electron chi connectivity index (χ4n) is 2.28. The van der Waals surface area contributed by atoms with Crippen molar-refractivity contribution in [2.75, 3.05) is 13.7 Å². The van der Waals surface area contributed by atoms with Gasteiger partial charge in [0.1, 0.15) is 5.82 Å². The molecule has 0 aliphatic carbocycles. The van der Waals surface area contributed by atoms with Crippen LogP contribution in [-0.2, 0) is 26.1 Å². The Morgan fingerprint density at radius 2 is 1.85 bits per heavy atom. The first-order valence-corrected chi connectivity index (χ1v) is 9.42.